The molecule has 0 aliphatic heterocycles. The number of aromatic nitrogens is 1. The number of carbonyl (C=O) groups is 1. The Balaban J connectivity index is 2.89. The minimum absolute atomic E-state index is 0.530. The molecule has 0 aliphatic rings. The van der Waals surface area contributed by atoms with Crippen LogP contribution in [0.25, 0.3) is 0 Å². The van der Waals surface area contributed by atoms with Crippen molar-refractivity contribution < 1.29 is 9.53 Å². The molecule has 4 heteroatoms. The molecule has 0 saturated heterocycles. The van der Waals surface area contributed by atoms with Gasteiger partial charge in [-0.25, -0.2) is 4.98 Å². The van der Waals surface area contributed by atoms with Crippen LogP contribution in [0.2, 0.25) is 0 Å². The molecule has 1 aromatic heterocycles. The van der Waals surface area contributed by atoms with E-state index < -0.39 is 6.10 Å². The Hall–Kier alpha value is -0.740. The molecule has 3 nitrogen and oxygen atoms in total. The van der Waals surface area contributed by atoms with Gasteiger partial charge in [0.05, 0.1) is 5.69 Å². The van der Waals surface area contributed by atoms with E-state index in [2.05, 4.69) is 10.5 Å². The van der Waals surface area contributed by atoms with Crippen molar-refractivity contribution in [2.75, 3.05) is 7.11 Å². The van der Waals surface area contributed by atoms with Gasteiger partial charge in [-0.3, -0.25) is 4.79 Å². The fourth-order valence-corrected chi connectivity index (χ4v) is 1.31. The van der Waals surface area contributed by atoms with E-state index in [1.54, 1.807) is 0 Å². The van der Waals surface area contributed by atoms with Crippen LogP contribution in [0.3, 0.4) is 0 Å². The summed E-state index contributed by atoms with van der Waals surface area (Å²) < 4.78 is 4.88. The number of hydrogen-bond acceptors (Lipinski definition) is 4. The van der Waals surface area contributed by atoms with Gasteiger partial charge in [-0.1, -0.05) is 0 Å². The molecule has 0 amide bonds. The Morgan fingerprint density at radius 1 is 1.82 bits per heavy atom. The fraction of sp³-hybridized carbons (Fsp3) is 0.429. The lowest BCUT2D eigenvalue weighted by molar-refractivity contribution is -0.116. The summed E-state index contributed by atoms with van der Waals surface area (Å²) in [4.78, 5) is 15.3. The van der Waals surface area contributed by atoms with Gasteiger partial charge in [-0.2, -0.15) is 0 Å². The van der Waals surface area contributed by atoms with Crippen molar-refractivity contribution >= 4 is 17.6 Å². The predicted molar refractivity (Wildman–Crippen MR) is 41.5 cm³/mol. The summed E-state index contributed by atoms with van der Waals surface area (Å²) in [5.74, 6) is 0. The molecule has 0 spiro atoms. The minimum Gasteiger partial charge on any atom is -0.368 e. The number of aldehydes is 1. The second kappa shape index (κ2) is 3.59. The van der Waals surface area contributed by atoms with E-state index in [0.29, 0.717) is 5.69 Å². The lowest BCUT2D eigenvalue weighted by Crippen LogP contribution is -2.03. The highest BCUT2D eigenvalue weighted by atomic mass is 32.1. The number of carbonyl (C=O) groups excluding carboxylic acids is 1. The zero-order valence-electron chi connectivity index (χ0n) is 6.33. The molecule has 1 aromatic rings. The third-order valence-corrected chi connectivity index (χ3v) is 2.07. The van der Waals surface area contributed by atoms with Crippen LogP contribution in [-0.2, 0) is 9.53 Å². The third-order valence-electron chi connectivity index (χ3n) is 1.37. The van der Waals surface area contributed by atoms with Crippen LogP contribution < -0.4 is 0 Å². The Bertz CT molecular complexity index is 246. The van der Waals surface area contributed by atoms with Gasteiger partial charge in [-0.05, 0) is 6.92 Å². The van der Waals surface area contributed by atoms with Gasteiger partial charge in [0.2, 0.25) is 0 Å². The van der Waals surface area contributed by atoms with Gasteiger partial charge in [0, 0.05) is 12.0 Å². The van der Waals surface area contributed by atoms with Crippen LogP contribution >= 0.6 is 11.3 Å². The molecule has 0 N–H and O–H groups in total. The highest BCUT2D eigenvalue weighted by molar-refractivity contribution is 7.09. The zero-order chi connectivity index (χ0) is 8.27. The number of aryl methyl sites for hydroxylation is 1. The molecule has 1 unspecified atom stereocenters. The number of rotatable bonds is 3. The summed E-state index contributed by atoms with van der Waals surface area (Å²) >= 11 is 1.39. The van der Waals surface area contributed by atoms with Gasteiger partial charge < -0.3 is 4.74 Å². The maximum absolute atomic E-state index is 10.4. The van der Waals surface area contributed by atoms with Crippen molar-refractivity contribution in [3.63, 3.8) is 0 Å². The molecule has 0 bridgehead atoms. The molecular weight excluding hydrogens is 162 g/mol. The van der Waals surface area contributed by atoms with Crippen molar-refractivity contribution in [2.45, 2.75) is 13.0 Å². The maximum atomic E-state index is 10.4. The number of methoxy groups -OCH3 is 1. The normalized spacial score (nSPS) is 12.9. The van der Waals surface area contributed by atoms with Crippen molar-refractivity contribution in [1.29, 1.82) is 0 Å². The van der Waals surface area contributed by atoms with Crippen molar-refractivity contribution in [2.24, 2.45) is 0 Å². The largest absolute Gasteiger partial charge is 0.368 e. The SMILES string of the molecule is COC(C=O)c1n[c]sc1C. The van der Waals surface area contributed by atoms with E-state index in [1.807, 2.05) is 6.92 Å². The molecule has 11 heavy (non-hydrogen) atoms. The second-order valence-electron chi connectivity index (χ2n) is 2.04. The van der Waals surface area contributed by atoms with Gasteiger partial charge in [-0.15, -0.1) is 11.3 Å². The monoisotopic (exact) mass is 170 g/mol. The average Bonchev–Trinajstić information content (AvgIpc) is 2.40. The third kappa shape index (κ3) is 1.64. The first kappa shape index (κ1) is 8.36. The average molecular weight is 170 g/mol. The van der Waals surface area contributed by atoms with Crippen molar-refractivity contribution in [3.8, 4) is 0 Å². The first-order valence-electron chi connectivity index (χ1n) is 3.11. The summed E-state index contributed by atoms with van der Waals surface area (Å²) in [5.41, 5.74) is 3.37. The summed E-state index contributed by atoms with van der Waals surface area (Å²) in [6, 6.07) is 0. The highest BCUT2D eigenvalue weighted by Crippen LogP contribution is 2.19. The van der Waals surface area contributed by atoms with Crippen LogP contribution in [0.1, 0.15) is 16.7 Å². The van der Waals surface area contributed by atoms with Crippen LogP contribution in [0.5, 0.6) is 0 Å². The standard InChI is InChI=1S/C7H8NO2S/c1-5-7(8-4-11-5)6(3-9)10-2/h3,6H,1-2H3. The Kier molecular flexibility index (Phi) is 2.73. The van der Waals surface area contributed by atoms with Crippen LogP contribution in [0.15, 0.2) is 0 Å². The van der Waals surface area contributed by atoms with E-state index in [-0.39, 0.29) is 0 Å². The molecule has 0 saturated carbocycles. The van der Waals surface area contributed by atoms with Crippen molar-refractivity contribution in [3.05, 3.63) is 16.1 Å². The Morgan fingerprint density at radius 3 is 2.91 bits per heavy atom. The lowest BCUT2D eigenvalue weighted by Gasteiger charge is -2.04. The molecule has 0 aromatic carbocycles. The quantitative estimate of drug-likeness (QED) is 0.638. The first-order chi connectivity index (χ1) is 5.29. The van der Waals surface area contributed by atoms with E-state index in [9.17, 15) is 4.79 Å². The smallest absolute Gasteiger partial charge is 0.155 e. The summed E-state index contributed by atoms with van der Waals surface area (Å²) in [7, 11) is 1.48. The van der Waals surface area contributed by atoms with E-state index in [1.165, 1.54) is 18.4 Å². The van der Waals surface area contributed by atoms with Gasteiger partial charge in [0.1, 0.15) is 0 Å². The second-order valence-corrected chi connectivity index (χ2v) is 3.04. The van der Waals surface area contributed by atoms with Gasteiger partial charge >= 0.3 is 0 Å². The van der Waals surface area contributed by atoms with E-state index >= 15 is 0 Å². The lowest BCUT2D eigenvalue weighted by atomic mass is 10.2. The zero-order valence-corrected chi connectivity index (χ0v) is 7.14. The molecule has 1 rings (SSSR count). The topological polar surface area (TPSA) is 39.2 Å². The molecule has 59 valence electrons. The molecular formula is C7H8NO2S. The van der Waals surface area contributed by atoms with Crippen molar-refractivity contribution in [1.82, 2.24) is 4.98 Å². The number of hydrogen-bond donors (Lipinski definition) is 0. The molecule has 0 fully saturated rings. The van der Waals surface area contributed by atoms with Crippen LogP contribution in [-0.4, -0.2) is 18.4 Å². The molecule has 1 heterocycles. The van der Waals surface area contributed by atoms with E-state index in [4.69, 9.17) is 4.74 Å². The maximum Gasteiger partial charge on any atom is 0.155 e. The molecule has 0 aliphatic carbocycles. The fourth-order valence-electron chi connectivity index (χ4n) is 0.767. The number of thiazole rings is 1. The molecule has 1 atom stereocenters. The summed E-state index contributed by atoms with van der Waals surface area (Å²) in [5, 5.41) is 0. The first-order valence-corrected chi connectivity index (χ1v) is 3.92. The predicted octanol–water partition coefficient (Wildman–Crippen LogP) is 1.14. The van der Waals surface area contributed by atoms with Crippen LogP contribution in [0, 0.1) is 12.4 Å². The number of ether oxygens (including phenoxy) is 1. The van der Waals surface area contributed by atoms with Crippen LogP contribution in [0.4, 0.5) is 0 Å². The Morgan fingerprint density at radius 2 is 2.55 bits per heavy atom. The minimum atomic E-state index is -0.530. The number of nitrogens with zero attached hydrogens (tertiary/aromatic N) is 1. The highest BCUT2D eigenvalue weighted by Gasteiger charge is 2.13. The van der Waals surface area contributed by atoms with Gasteiger partial charge in [0.15, 0.2) is 17.9 Å². The van der Waals surface area contributed by atoms with Gasteiger partial charge in [0.25, 0.3) is 0 Å². The van der Waals surface area contributed by atoms with E-state index in [0.717, 1.165) is 11.2 Å². The summed E-state index contributed by atoms with van der Waals surface area (Å²) in [6.45, 7) is 1.89. The Labute approximate surface area is 69.0 Å². The summed E-state index contributed by atoms with van der Waals surface area (Å²) in [6.07, 6.45) is 0.202. The molecule has 1 radical (unpaired) electrons.